The quantitative estimate of drug-likeness (QED) is 0.832. The molecule has 0 saturated carbocycles. The molecule has 112 valence electrons. The molecule has 6 heteroatoms. The van der Waals surface area contributed by atoms with Gasteiger partial charge < -0.3 is 20.9 Å². The topological polar surface area (TPSA) is 70.5 Å². The standard InChI is InChI=1S/C8H10O2.C6H8N2.2ClH/c1-9-7-5-3-4-6-8(7)10-2;7-5-3-1-2-4-6(5)8;;/h3-6H,1-2H3;1-4H,7-8H2;2*1H. The molecule has 0 aliphatic heterocycles. The number of rotatable bonds is 2. The minimum atomic E-state index is 0. The zero-order valence-corrected chi connectivity index (χ0v) is 13.0. The van der Waals surface area contributed by atoms with E-state index in [0.717, 1.165) is 11.5 Å². The van der Waals surface area contributed by atoms with Crippen LogP contribution in [0.1, 0.15) is 0 Å². The molecule has 2 aromatic carbocycles. The molecule has 0 radical (unpaired) electrons. The summed E-state index contributed by atoms with van der Waals surface area (Å²) < 4.78 is 10.0. The van der Waals surface area contributed by atoms with Crippen molar-refractivity contribution in [3.63, 3.8) is 0 Å². The van der Waals surface area contributed by atoms with Crippen molar-refractivity contribution in [2.75, 3.05) is 25.7 Å². The lowest BCUT2D eigenvalue weighted by Gasteiger charge is -2.04. The molecule has 0 amide bonds. The first kappa shape index (κ1) is 20.5. The van der Waals surface area contributed by atoms with E-state index in [-0.39, 0.29) is 24.8 Å². The predicted molar refractivity (Wildman–Crippen MR) is 89.3 cm³/mol. The average Bonchev–Trinajstić information content (AvgIpc) is 2.42. The summed E-state index contributed by atoms with van der Waals surface area (Å²) in [4.78, 5) is 0. The largest absolute Gasteiger partial charge is 0.493 e. The fourth-order valence-electron chi connectivity index (χ4n) is 1.30. The molecule has 4 nitrogen and oxygen atoms in total. The van der Waals surface area contributed by atoms with Gasteiger partial charge in [0.1, 0.15) is 0 Å². The van der Waals surface area contributed by atoms with E-state index in [0.29, 0.717) is 11.4 Å². The molecule has 2 aromatic rings. The lowest BCUT2D eigenvalue weighted by Crippen LogP contribution is -1.91. The lowest BCUT2D eigenvalue weighted by molar-refractivity contribution is 0.355. The highest BCUT2D eigenvalue weighted by atomic mass is 35.5. The predicted octanol–water partition coefficient (Wildman–Crippen LogP) is 3.40. The first-order valence-electron chi connectivity index (χ1n) is 5.46. The van der Waals surface area contributed by atoms with Crippen molar-refractivity contribution in [2.24, 2.45) is 0 Å². The molecule has 0 aliphatic carbocycles. The van der Waals surface area contributed by atoms with Gasteiger partial charge in [-0.1, -0.05) is 24.3 Å². The summed E-state index contributed by atoms with van der Waals surface area (Å²) in [6.45, 7) is 0. The van der Waals surface area contributed by atoms with Crippen molar-refractivity contribution in [3.8, 4) is 11.5 Å². The third-order valence-corrected chi connectivity index (χ3v) is 2.28. The Hall–Kier alpha value is -1.78. The molecule has 0 atom stereocenters. The van der Waals surface area contributed by atoms with Crippen molar-refractivity contribution in [1.29, 1.82) is 0 Å². The van der Waals surface area contributed by atoms with Gasteiger partial charge >= 0.3 is 0 Å². The van der Waals surface area contributed by atoms with Crippen LogP contribution in [0.25, 0.3) is 0 Å². The summed E-state index contributed by atoms with van der Waals surface area (Å²) in [7, 11) is 3.25. The second-order valence-corrected chi connectivity index (χ2v) is 3.48. The molecule has 0 saturated heterocycles. The Kier molecular flexibility index (Phi) is 11.4. The summed E-state index contributed by atoms with van der Waals surface area (Å²) in [6, 6.07) is 14.8. The van der Waals surface area contributed by atoms with Gasteiger partial charge in [-0.3, -0.25) is 0 Å². The Morgan fingerprint density at radius 1 is 0.650 bits per heavy atom. The maximum absolute atomic E-state index is 5.39. The van der Waals surface area contributed by atoms with Gasteiger partial charge in [-0.25, -0.2) is 0 Å². The molecule has 4 N–H and O–H groups in total. The van der Waals surface area contributed by atoms with Crippen LogP contribution in [0.3, 0.4) is 0 Å². The smallest absolute Gasteiger partial charge is 0.160 e. The second kappa shape index (κ2) is 11.1. The number of halogens is 2. The number of benzene rings is 2. The van der Waals surface area contributed by atoms with Gasteiger partial charge in [-0.2, -0.15) is 0 Å². The van der Waals surface area contributed by atoms with E-state index in [4.69, 9.17) is 20.9 Å². The van der Waals surface area contributed by atoms with E-state index in [1.54, 1.807) is 26.4 Å². The van der Waals surface area contributed by atoms with Crippen LogP contribution >= 0.6 is 24.8 Å². The fourth-order valence-corrected chi connectivity index (χ4v) is 1.30. The van der Waals surface area contributed by atoms with Gasteiger partial charge in [0.2, 0.25) is 0 Å². The van der Waals surface area contributed by atoms with Crippen LogP contribution in [0.5, 0.6) is 11.5 Å². The number of hydrogen-bond acceptors (Lipinski definition) is 4. The van der Waals surface area contributed by atoms with Gasteiger partial charge in [0.15, 0.2) is 11.5 Å². The van der Waals surface area contributed by atoms with Crippen molar-refractivity contribution >= 4 is 36.2 Å². The monoisotopic (exact) mass is 318 g/mol. The van der Waals surface area contributed by atoms with Crippen LogP contribution in [-0.4, -0.2) is 14.2 Å². The van der Waals surface area contributed by atoms with E-state index in [1.807, 2.05) is 36.4 Å². The Morgan fingerprint density at radius 3 is 1.20 bits per heavy atom. The highest BCUT2D eigenvalue weighted by molar-refractivity contribution is 5.85. The maximum atomic E-state index is 5.39. The Bertz CT molecular complexity index is 452. The molecule has 0 aromatic heterocycles. The number of para-hydroxylation sites is 4. The summed E-state index contributed by atoms with van der Waals surface area (Å²) in [6.07, 6.45) is 0. The Labute approximate surface area is 131 Å². The third-order valence-electron chi connectivity index (χ3n) is 2.28. The van der Waals surface area contributed by atoms with Crippen LogP contribution in [0.15, 0.2) is 48.5 Å². The van der Waals surface area contributed by atoms with Crippen LogP contribution in [-0.2, 0) is 0 Å². The number of anilines is 2. The van der Waals surface area contributed by atoms with Crippen molar-refractivity contribution in [1.82, 2.24) is 0 Å². The molecule has 0 heterocycles. The molecule has 2 rings (SSSR count). The molecule has 0 unspecified atom stereocenters. The summed E-state index contributed by atoms with van der Waals surface area (Å²) >= 11 is 0. The molecular weight excluding hydrogens is 299 g/mol. The number of ether oxygens (including phenoxy) is 2. The van der Waals surface area contributed by atoms with E-state index >= 15 is 0 Å². The first-order valence-corrected chi connectivity index (χ1v) is 5.46. The van der Waals surface area contributed by atoms with Gasteiger partial charge in [0, 0.05) is 0 Å². The fraction of sp³-hybridized carbons (Fsp3) is 0.143. The SMILES string of the molecule is COc1ccccc1OC.Cl.Cl.Nc1ccccc1N. The minimum absolute atomic E-state index is 0. The van der Waals surface area contributed by atoms with Crippen LogP contribution < -0.4 is 20.9 Å². The van der Waals surface area contributed by atoms with Gasteiger partial charge in [-0.05, 0) is 24.3 Å². The van der Waals surface area contributed by atoms with E-state index in [9.17, 15) is 0 Å². The molecule has 0 spiro atoms. The first-order chi connectivity index (χ1) is 8.69. The van der Waals surface area contributed by atoms with Gasteiger partial charge in [0.05, 0.1) is 25.6 Å². The maximum Gasteiger partial charge on any atom is 0.160 e. The molecule has 20 heavy (non-hydrogen) atoms. The molecule has 0 fully saturated rings. The lowest BCUT2D eigenvalue weighted by atomic mass is 10.3. The van der Waals surface area contributed by atoms with Crippen molar-refractivity contribution in [3.05, 3.63) is 48.5 Å². The Balaban J connectivity index is 0. The molecular formula is C14H20Cl2N2O2. The minimum Gasteiger partial charge on any atom is -0.493 e. The number of nitrogen functional groups attached to an aromatic ring is 2. The average molecular weight is 319 g/mol. The molecule has 0 bridgehead atoms. The Morgan fingerprint density at radius 2 is 0.950 bits per heavy atom. The van der Waals surface area contributed by atoms with Crippen LogP contribution in [0.4, 0.5) is 11.4 Å². The highest BCUT2D eigenvalue weighted by Crippen LogP contribution is 2.24. The van der Waals surface area contributed by atoms with E-state index in [2.05, 4.69) is 0 Å². The van der Waals surface area contributed by atoms with Gasteiger partial charge in [-0.15, -0.1) is 24.8 Å². The van der Waals surface area contributed by atoms with Crippen molar-refractivity contribution < 1.29 is 9.47 Å². The second-order valence-electron chi connectivity index (χ2n) is 3.48. The van der Waals surface area contributed by atoms with E-state index in [1.165, 1.54) is 0 Å². The zero-order chi connectivity index (χ0) is 13.4. The zero-order valence-electron chi connectivity index (χ0n) is 11.4. The number of hydrogen-bond donors (Lipinski definition) is 2. The third kappa shape index (κ3) is 6.41. The summed E-state index contributed by atoms with van der Waals surface area (Å²) in [5, 5.41) is 0. The van der Waals surface area contributed by atoms with Gasteiger partial charge in [0.25, 0.3) is 0 Å². The molecule has 0 aliphatic rings. The van der Waals surface area contributed by atoms with Crippen LogP contribution in [0, 0.1) is 0 Å². The van der Waals surface area contributed by atoms with Crippen LogP contribution in [0.2, 0.25) is 0 Å². The highest BCUT2D eigenvalue weighted by Gasteiger charge is 1.97. The normalized spacial score (nSPS) is 8.10. The summed E-state index contributed by atoms with van der Waals surface area (Å²) in [5.41, 5.74) is 12.1. The number of methoxy groups -OCH3 is 2. The van der Waals surface area contributed by atoms with E-state index < -0.39 is 0 Å². The van der Waals surface area contributed by atoms with Crippen molar-refractivity contribution in [2.45, 2.75) is 0 Å². The summed E-state index contributed by atoms with van der Waals surface area (Å²) in [5.74, 6) is 1.54. The number of nitrogens with two attached hydrogens (primary N) is 2.